The summed E-state index contributed by atoms with van der Waals surface area (Å²) in [5.41, 5.74) is 3.22. The van der Waals surface area contributed by atoms with Gasteiger partial charge in [-0.2, -0.15) is 5.26 Å². The van der Waals surface area contributed by atoms with Crippen molar-refractivity contribution in [2.75, 3.05) is 12.4 Å². The van der Waals surface area contributed by atoms with Gasteiger partial charge in [-0.1, -0.05) is 24.3 Å². The lowest BCUT2D eigenvalue weighted by molar-refractivity contribution is 0.0950. The number of rotatable bonds is 6. The second kappa shape index (κ2) is 8.50. The topological polar surface area (TPSA) is 87.0 Å². The van der Waals surface area contributed by atoms with Crippen LogP contribution < -0.4 is 15.4 Å². The van der Waals surface area contributed by atoms with Crippen LogP contribution >= 0.6 is 0 Å². The first kappa shape index (κ1) is 18.0. The molecule has 6 nitrogen and oxygen atoms in total. The molecule has 0 saturated heterocycles. The number of nitriles is 1. The predicted molar refractivity (Wildman–Crippen MR) is 103 cm³/mol. The zero-order chi connectivity index (χ0) is 19.1. The second-order valence-electron chi connectivity index (χ2n) is 5.78. The zero-order valence-corrected chi connectivity index (χ0v) is 14.8. The maximum absolute atomic E-state index is 12.4. The highest BCUT2D eigenvalue weighted by Gasteiger charge is 2.08. The van der Waals surface area contributed by atoms with Gasteiger partial charge in [-0.25, -0.2) is 0 Å². The average Bonchev–Trinajstić information content (AvgIpc) is 2.73. The van der Waals surface area contributed by atoms with E-state index in [0.717, 1.165) is 11.3 Å². The van der Waals surface area contributed by atoms with Crippen LogP contribution in [0.3, 0.4) is 0 Å². The van der Waals surface area contributed by atoms with Crippen molar-refractivity contribution in [2.24, 2.45) is 0 Å². The first-order chi connectivity index (χ1) is 13.2. The summed E-state index contributed by atoms with van der Waals surface area (Å²) in [6.45, 7) is 0.401. The van der Waals surface area contributed by atoms with Gasteiger partial charge in [-0.3, -0.25) is 9.78 Å². The van der Waals surface area contributed by atoms with Crippen LogP contribution in [0.1, 0.15) is 21.5 Å². The molecule has 6 heteroatoms. The molecule has 3 rings (SSSR count). The number of methoxy groups -OCH3 is 1. The fourth-order valence-electron chi connectivity index (χ4n) is 2.51. The fourth-order valence-corrected chi connectivity index (χ4v) is 2.51. The second-order valence-corrected chi connectivity index (χ2v) is 5.78. The summed E-state index contributed by atoms with van der Waals surface area (Å²) in [4.78, 5) is 16.5. The number of anilines is 2. The molecule has 1 amide bonds. The van der Waals surface area contributed by atoms with E-state index in [0.29, 0.717) is 29.0 Å². The van der Waals surface area contributed by atoms with Crippen LogP contribution in [-0.4, -0.2) is 18.0 Å². The molecule has 2 aromatic carbocycles. The third-order valence-corrected chi connectivity index (χ3v) is 3.94. The minimum Gasteiger partial charge on any atom is -0.497 e. The Morgan fingerprint density at radius 1 is 1.15 bits per heavy atom. The van der Waals surface area contributed by atoms with Gasteiger partial charge in [-0.05, 0) is 35.9 Å². The molecule has 3 aromatic rings. The number of hydrogen-bond acceptors (Lipinski definition) is 5. The molecule has 0 aliphatic heterocycles. The summed E-state index contributed by atoms with van der Waals surface area (Å²) in [5.74, 6) is 0.543. The Morgan fingerprint density at radius 3 is 2.67 bits per heavy atom. The summed E-state index contributed by atoms with van der Waals surface area (Å²) in [6.07, 6.45) is 3.11. The number of nitrogens with one attached hydrogen (secondary N) is 2. The van der Waals surface area contributed by atoms with Crippen LogP contribution in [0.25, 0.3) is 0 Å². The third kappa shape index (κ3) is 4.61. The molecule has 0 bridgehead atoms. The van der Waals surface area contributed by atoms with Crippen molar-refractivity contribution in [3.05, 3.63) is 83.7 Å². The summed E-state index contributed by atoms with van der Waals surface area (Å²) >= 11 is 0. The van der Waals surface area contributed by atoms with Gasteiger partial charge >= 0.3 is 0 Å². The normalized spacial score (nSPS) is 9.93. The maximum atomic E-state index is 12.4. The number of aromatic nitrogens is 1. The number of hydrogen-bond donors (Lipinski definition) is 2. The average molecular weight is 358 g/mol. The Balaban J connectivity index is 1.67. The Kier molecular flexibility index (Phi) is 5.65. The van der Waals surface area contributed by atoms with Gasteiger partial charge < -0.3 is 15.4 Å². The Morgan fingerprint density at radius 2 is 1.93 bits per heavy atom. The van der Waals surface area contributed by atoms with Gasteiger partial charge in [0.15, 0.2) is 0 Å². The number of pyridine rings is 1. The van der Waals surface area contributed by atoms with Crippen molar-refractivity contribution in [3.63, 3.8) is 0 Å². The molecule has 0 unspecified atom stereocenters. The molecule has 1 heterocycles. The number of carbonyl (C=O) groups excluding carboxylic acids is 1. The van der Waals surface area contributed by atoms with E-state index >= 15 is 0 Å². The van der Waals surface area contributed by atoms with E-state index in [1.54, 1.807) is 37.6 Å². The van der Waals surface area contributed by atoms with E-state index in [1.165, 1.54) is 6.20 Å². The first-order valence-electron chi connectivity index (χ1n) is 8.32. The van der Waals surface area contributed by atoms with E-state index < -0.39 is 0 Å². The number of ether oxygens (including phenoxy) is 1. The molecule has 134 valence electrons. The van der Waals surface area contributed by atoms with Crippen molar-refractivity contribution in [1.29, 1.82) is 5.26 Å². The molecule has 0 spiro atoms. The van der Waals surface area contributed by atoms with Gasteiger partial charge in [0.25, 0.3) is 5.91 Å². The highest BCUT2D eigenvalue weighted by molar-refractivity contribution is 5.94. The first-order valence-corrected chi connectivity index (χ1v) is 8.32. The highest BCUT2D eigenvalue weighted by atomic mass is 16.5. The van der Waals surface area contributed by atoms with Crippen LogP contribution in [-0.2, 0) is 6.54 Å². The van der Waals surface area contributed by atoms with Gasteiger partial charge in [0, 0.05) is 12.7 Å². The monoisotopic (exact) mass is 358 g/mol. The van der Waals surface area contributed by atoms with Crippen molar-refractivity contribution >= 4 is 17.3 Å². The van der Waals surface area contributed by atoms with Gasteiger partial charge in [0.1, 0.15) is 11.8 Å². The van der Waals surface area contributed by atoms with E-state index in [9.17, 15) is 10.1 Å². The van der Waals surface area contributed by atoms with Crippen LogP contribution in [0.4, 0.5) is 11.4 Å². The third-order valence-electron chi connectivity index (χ3n) is 3.94. The van der Waals surface area contributed by atoms with E-state index in [2.05, 4.69) is 21.7 Å². The van der Waals surface area contributed by atoms with Crippen LogP contribution in [0, 0.1) is 11.3 Å². The quantitative estimate of drug-likeness (QED) is 0.702. The molecular formula is C21H18N4O2. The maximum Gasteiger partial charge on any atom is 0.253 e. The Labute approximate surface area is 157 Å². The SMILES string of the molecule is COc1ccc(CNC(=O)c2cncc(Nc3ccccc3C#N)c2)cc1. The summed E-state index contributed by atoms with van der Waals surface area (Å²) in [6, 6.07) is 18.5. The van der Waals surface area contributed by atoms with Crippen molar-refractivity contribution in [2.45, 2.75) is 6.54 Å². The molecule has 1 aromatic heterocycles. The minimum absolute atomic E-state index is 0.226. The molecule has 0 aliphatic carbocycles. The lowest BCUT2D eigenvalue weighted by Crippen LogP contribution is -2.23. The van der Waals surface area contributed by atoms with Crippen molar-refractivity contribution in [3.8, 4) is 11.8 Å². The van der Waals surface area contributed by atoms with Gasteiger partial charge in [-0.15, -0.1) is 0 Å². The predicted octanol–water partition coefficient (Wildman–Crippen LogP) is 3.64. The number of para-hydroxylation sites is 1. The molecule has 0 radical (unpaired) electrons. The smallest absolute Gasteiger partial charge is 0.253 e. The van der Waals surface area contributed by atoms with E-state index in [1.807, 2.05) is 30.3 Å². The number of benzene rings is 2. The van der Waals surface area contributed by atoms with E-state index in [-0.39, 0.29) is 5.91 Å². The molecule has 0 fully saturated rings. The minimum atomic E-state index is -0.226. The number of nitrogens with zero attached hydrogens (tertiary/aromatic N) is 2. The van der Waals surface area contributed by atoms with Crippen LogP contribution in [0.15, 0.2) is 67.0 Å². The van der Waals surface area contributed by atoms with Crippen LogP contribution in [0.2, 0.25) is 0 Å². The summed E-state index contributed by atoms with van der Waals surface area (Å²) < 4.78 is 5.12. The molecule has 0 saturated carbocycles. The summed E-state index contributed by atoms with van der Waals surface area (Å²) in [5, 5.41) is 15.2. The lowest BCUT2D eigenvalue weighted by atomic mass is 10.2. The number of amides is 1. The van der Waals surface area contributed by atoms with E-state index in [4.69, 9.17) is 4.74 Å². The molecule has 27 heavy (non-hydrogen) atoms. The zero-order valence-electron chi connectivity index (χ0n) is 14.8. The number of carbonyl (C=O) groups is 1. The highest BCUT2D eigenvalue weighted by Crippen LogP contribution is 2.20. The lowest BCUT2D eigenvalue weighted by Gasteiger charge is -2.10. The molecule has 2 N–H and O–H groups in total. The van der Waals surface area contributed by atoms with Crippen molar-refractivity contribution < 1.29 is 9.53 Å². The summed E-state index contributed by atoms with van der Waals surface area (Å²) in [7, 11) is 1.61. The Bertz CT molecular complexity index is 978. The van der Waals surface area contributed by atoms with Gasteiger partial charge in [0.05, 0.1) is 35.8 Å². The molecule has 0 aliphatic rings. The molecule has 0 atom stereocenters. The van der Waals surface area contributed by atoms with Gasteiger partial charge in [0.2, 0.25) is 0 Å². The largest absolute Gasteiger partial charge is 0.497 e. The fraction of sp³-hybridized carbons (Fsp3) is 0.0952. The van der Waals surface area contributed by atoms with Crippen LogP contribution in [0.5, 0.6) is 5.75 Å². The van der Waals surface area contributed by atoms with Crippen molar-refractivity contribution in [1.82, 2.24) is 10.3 Å². The standard InChI is InChI=1S/C21H18N4O2/c1-27-19-8-6-15(7-9-19)12-24-21(26)17-10-18(14-23-13-17)25-20-5-3-2-4-16(20)11-22/h2-10,13-14,25H,12H2,1H3,(H,24,26). The molecular weight excluding hydrogens is 340 g/mol. The Hall–Kier alpha value is -3.85.